The minimum atomic E-state index is 0.492. The van der Waals surface area contributed by atoms with Crippen LogP contribution in [0, 0.1) is 0 Å². The number of fused-ring (bicyclic) bond motifs is 1. The van der Waals surface area contributed by atoms with Crippen LogP contribution in [0.5, 0.6) is 0 Å². The van der Waals surface area contributed by atoms with Gasteiger partial charge < -0.3 is 15.5 Å². The predicted molar refractivity (Wildman–Crippen MR) is 130 cm³/mol. The first kappa shape index (κ1) is 22.1. The van der Waals surface area contributed by atoms with Crippen molar-refractivity contribution in [3.05, 3.63) is 60.6 Å². The number of unbranched alkanes of at least 4 members (excludes halogenated alkanes) is 1. The second-order valence-corrected chi connectivity index (χ2v) is 8.04. The number of hydrogen-bond acceptors (Lipinski definition) is 5. The van der Waals surface area contributed by atoms with Gasteiger partial charge in [0.15, 0.2) is 17.4 Å². The van der Waals surface area contributed by atoms with Gasteiger partial charge in [0.2, 0.25) is 0 Å². The number of aliphatic imine (C=N–C) groups is 1. The fraction of sp³-hybridized carbons (Fsp3) is 0.458. The van der Waals surface area contributed by atoms with Gasteiger partial charge in [0.1, 0.15) is 6.54 Å². The molecule has 0 atom stereocenters. The summed E-state index contributed by atoms with van der Waals surface area (Å²) in [6, 6.07) is 16.6. The third kappa shape index (κ3) is 5.97. The van der Waals surface area contributed by atoms with Crippen LogP contribution < -0.4 is 15.5 Å². The molecule has 0 bridgehead atoms. The summed E-state index contributed by atoms with van der Waals surface area (Å²) in [5.74, 6) is 1.67. The van der Waals surface area contributed by atoms with Gasteiger partial charge in [0.25, 0.3) is 0 Å². The summed E-state index contributed by atoms with van der Waals surface area (Å²) in [5, 5.41) is 15.2. The van der Waals surface area contributed by atoms with Crippen LogP contribution in [-0.4, -0.2) is 71.3 Å². The number of pyridine rings is 1. The number of aromatic nitrogens is 3. The second kappa shape index (κ2) is 11.5. The molecule has 1 aliphatic rings. The van der Waals surface area contributed by atoms with E-state index in [-0.39, 0.29) is 0 Å². The van der Waals surface area contributed by atoms with E-state index in [0.717, 1.165) is 69.7 Å². The van der Waals surface area contributed by atoms with Gasteiger partial charge in [0.05, 0.1) is 0 Å². The lowest BCUT2D eigenvalue weighted by Gasteiger charge is -2.36. The van der Waals surface area contributed by atoms with E-state index in [2.05, 4.69) is 72.9 Å². The van der Waals surface area contributed by atoms with E-state index in [0.29, 0.717) is 6.54 Å². The summed E-state index contributed by atoms with van der Waals surface area (Å²) >= 11 is 0. The van der Waals surface area contributed by atoms with E-state index in [1.807, 2.05) is 28.8 Å². The third-order valence-electron chi connectivity index (χ3n) is 5.79. The zero-order valence-electron chi connectivity index (χ0n) is 19.0. The van der Waals surface area contributed by atoms with Crippen LogP contribution in [0.4, 0.5) is 5.69 Å². The van der Waals surface area contributed by atoms with Crippen molar-refractivity contribution < 1.29 is 0 Å². The number of nitrogens with one attached hydrogen (secondary N) is 2. The number of guanidine groups is 1. The Morgan fingerprint density at radius 3 is 2.56 bits per heavy atom. The van der Waals surface area contributed by atoms with Crippen LogP contribution in [0.1, 0.15) is 25.6 Å². The molecule has 0 aliphatic carbocycles. The van der Waals surface area contributed by atoms with Crippen molar-refractivity contribution in [1.29, 1.82) is 0 Å². The Morgan fingerprint density at radius 2 is 1.75 bits per heavy atom. The van der Waals surface area contributed by atoms with Crippen molar-refractivity contribution >= 4 is 17.3 Å². The number of para-hydroxylation sites is 1. The summed E-state index contributed by atoms with van der Waals surface area (Å²) in [6.07, 6.45) is 4.28. The van der Waals surface area contributed by atoms with Gasteiger partial charge in [0, 0.05) is 51.2 Å². The molecule has 1 saturated heterocycles. The highest BCUT2D eigenvalue weighted by Gasteiger charge is 2.16. The quantitative estimate of drug-likeness (QED) is 0.306. The number of anilines is 1. The van der Waals surface area contributed by atoms with Gasteiger partial charge in [-0.15, -0.1) is 10.2 Å². The summed E-state index contributed by atoms with van der Waals surface area (Å²) in [6.45, 7) is 9.97. The van der Waals surface area contributed by atoms with E-state index < -0.39 is 0 Å². The Hall–Kier alpha value is -3.13. The minimum Gasteiger partial charge on any atom is -0.369 e. The lowest BCUT2D eigenvalue weighted by Crippen LogP contribution is -2.46. The average molecular weight is 435 g/mol. The molecule has 0 spiro atoms. The van der Waals surface area contributed by atoms with Crippen molar-refractivity contribution in [2.45, 2.75) is 26.3 Å². The first-order valence-electron chi connectivity index (χ1n) is 11.7. The highest BCUT2D eigenvalue weighted by Crippen LogP contribution is 2.15. The van der Waals surface area contributed by atoms with Crippen molar-refractivity contribution in [3.63, 3.8) is 0 Å². The van der Waals surface area contributed by atoms with E-state index in [4.69, 9.17) is 0 Å². The maximum absolute atomic E-state index is 4.69. The Kier molecular flexibility index (Phi) is 7.92. The van der Waals surface area contributed by atoms with Crippen molar-refractivity contribution in [2.24, 2.45) is 4.99 Å². The van der Waals surface area contributed by atoms with Gasteiger partial charge >= 0.3 is 0 Å². The van der Waals surface area contributed by atoms with Crippen molar-refractivity contribution in [2.75, 3.05) is 50.7 Å². The Labute approximate surface area is 190 Å². The first-order valence-corrected chi connectivity index (χ1v) is 11.7. The van der Waals surface area contributed by atoms with E-state index in [1.165, 1.54) is 12.1 Å². The second-order valence-electron chi connectivity index (χ2n) is 8.04. The van der Waals surface area contributed by atoms with E-state index in [1.54, 1.807) is 0 Å². The van der Waals surface area contributed by atoms with Gasteiger partial charge in [-0.25, -0.2) is 4.99 Å². The molecule has 1 aromatic carbocycles. The molecule has 0 amide bonds. The molecular formula is C24H34N8. The molecule has 2 aromatic heterocycles. The molecule has 8 nitrogen and oxygen atoms in total. The van der Waals surface area contributed by atoms with Crippen LogP contribution >= 0.6 is 0 Å². The standard InChI is InChI=1S/C24H34N8/c1-2-25-24(27-20-23-29-28-22-12-6-8-15-32(22)23)26-13-7-9-14-30-16-18-31(19-17-30)21-10-4-3-5-11-21/h3-6,8,10-12,15H,2,7,9,13-14,16-20H2,1H3,(H2,25,26,27). The molecular weight excluding hydrogens is 400 g/mol. The SMILES string of the molecule is CCNC(=NCc1nnc2ccccn12)NCCCCN1CCN(c2ccccc2)CC1. The van der Waals surface area contributed by atoms with Gasteiger partial charge in [-0.05, 0) is 50.6 Å². The lowest BCUT2D eigenvalue weighted by molar-refractivity contribution is 0.253. The Balaban J connectivity index is 1.16. The summed E-state index contributed by atoms with van der Waals surface area (Å²) in [4.78, 5) is 9.75. The van der Waals surface area contributed by atoms with Gasteiger partial charge in [-0.1, -0.05) is 24.3 Å². The molecule has 3 heterocycles. The van der Waals surface area contributed by atoms with E-state index in [9.17, 15) is 0 Å². The smallest absolute Gasteiger partial charge is 0.191 e. The lowest BCUT2D eigenvalue weighted by atomic mass is 10.2. The average Bonchev–Trinajstić information content (AvgIpc) is 3.26. The maximum Gasteiger partial charge on any atom is 0.191 e. The summed E-state index contributed by atoms with van der Waals surface area (Å²) in [7, 11) is 0. The molecule has 0 unspecified atom stereocenters. The fourth-order valence-corrected chi connectivity index (χ4v) is 4.03. The highest BCUT2D eigenvalue weighted by atomic mass is 15.3. The minimum absolute atomic E-state index is 0.492. The largest absolute Gasteiger partial charge is 0.369 e. The maximum atomic E-state index is 4.69. The summed E-state index contributed by atoms with van der Waals surface area (Å²) < 4.78 is 1.98. The molecule has 4 rings (SSSR count). The normalized spacial score (nSPS) is 15.3. The number of rotatable bonds is 9. The van der Waals surface area contributed by atoms with Crippen LogP contribution in [0.25, 0.3) is 5.65 Å². The topological polar surface area (TPSA) is 73.1 Å². The number of nitrogens with zero attached hydrogens (tertiary/aromatic N) is 6. The zero-order chi connectivity index (χ0) is 22.0. The Bertz CT molecular complexity index is 976. The monoisotopic (exact) mass is 434 g/mol. The van der Waals surface area contributed by atoms with Crippen molar-refractivity contribution in [3.8, 4) is 0 Å². The molecule has 1 fully saturated rings. The number of piperazine rings is 1. The van der Waals surface area contributed by atoms with Crippen LogP contribution in [0.15, 0.2) is 59.7 Å². The number of benzene rings is 1. The number of hydrogen-bond donors (Lipinski definition) is 2. The van der Waals surface area contributed by atoms with Gasteiger partial charge in [-0.3, -0.25) is 9.30 Å². The van der Waals surface area contributed by atoms with Crippen molar-refractivity contribution in [1.82, 2.24) is 30.1 Å². The fourth-order valence-electron chi connectivity index (χ4n) is 4.03. The molecule has 2 N–H and O–H groups in total. The molecule has 32 heavy (non-hydrogen) atoms. The summed E-state index contributed by atoms with van der Waals surface area (Å²) in [5.41, 5.74) is 2.19. The molecule has 3 aromatic rings. The van der Waals surface area contributed by atoms with Crippen LogP contribution in [0.2, 0.25) is 0 Å². The highest BCUT2D eigenvalue weighted by molar-refractivity contribution is 5.79. The van der Waals surface area contributed by atoms with Crippen LogP contribution in [0.3, 0.4) is 0 Å². The zero-order valence-corrected chi connectivity index (χ0v) is 19.0. The van der Waals surface area contributed by atoms with E-state index >= 15 is 0 Å². The first-order chi connectivity index (χ1) is 15.8. The molecule has 170 valence electrons. The molecule has 0 saturated carbocycles. The van der Waals surface area contributed by atoms with Crippen LogP contribution in [-0.2, 0) is 6.54 Å². The molecule has 0 radical (unpaired) electrons. The Morgan fingerprint density at radius 1 is 0.938 bits per heavy atom. The van der Waals surface area contributed by atoms with Gasteiger partial charge in [-0.2, -0.15) is 0 Å². The third-order valence-corrected chi connectivity index (χ3v) is 5.79. The molecule has 1 aliphatic heterocycles. The molecule has 8 heteroatoms. The predicted octanol–water partition coefficient (Wildman–Crippen LogP) is 2.39.